The molecule has 0 atom stereocenters. The number of hydrogen-bond acceptors (Lipinski definition) is 1. The third kappa shape index (κ3) is 12.7. The summed E-state index contributed by atoms with van der Waals surface area (Å²) in [4.78, 5) is 1.35. The number of benzene rings is 5. The van der Waals surface area contributed by atoms with Gasteiger partial charge in [0.1, 0.15) is 64.1 Å². The predicted octanol–water partition coefficient (Wildman–Crippen LogP) is 12.9. The van der Waals surface area contributed by atoms with Crippen LogP contribution in [0.1, 0.15) is 110 Å². The Morgan fingerprint density at radius 3 is 0.726 bits per heavy atom. The summed E-state index contributed by atoms with van der Waals surface area (Å²) in [7, 11) is 4.29. The van der Waals surface area contributed by atoms with Crippen molar-refractivity contribution >= 4 is 33.7 Å². The van der Waals surface area contributed by atoms with Gasteiger partial charge in [0.2, 0.25) is 0 Å². The quantitative estimate of drug-likeness (QED) is 0.0226. The standard InChI is InChI=1S/C26H47NO.C24BF20/c1-4-5-6-7-8-9-10-11-12-13-14-15-16-17-18-19-24-28-26-22-20-25(21-23-26)27(2)3;26-5-1(6(27)14(35)21(42)13(5)34)25(2-7(28)15(36)22(43)16(37)8(2)29,3-9(30)17(38)23(44)18(39)10(3)31)4-11(32)19(40)24(45)20(41)12(4)33/h20-23H,4-19,24H2,1-3H3;/q;-1/p+1. The van der Waals surface area contributed by atoms with E-state index in [2.05, 4.69) is 45.3 Å². The van der Waals surface area contributed by atoms with Gasteiger partial charge in [-0.3, -0.25) is 0 Å². The monoisotopic (exact) mass is 1070 g/mol. The van der Waals surface area contributed by atoms with Gasteiger partial charge in [0.05, 0.1) is 20.7 Å². The maximum atomic E-state index is 15.4. The largest absolute Gasteiger partial charge is 0.494 e. The molecule has 0 heterocycles. The number of hydrogen-bond donors (Lipinski definition) is 1. The van der Waals surface area contributed by atoms with Crippen LogP contribution in [-0.4, -0.2) is 26.8 Å². The van der Waals surface area contributed by atoms with Crippen molar-refractivity contribution in [2.45, 2.75) is 110 Å². The smallest absolute Gasteiger partial charge is 0.200 e. The highest BCUT2D eigenvalue weighted by molar-refractivity contribution is 7.20. The third-order valence-corrected chi connectivity index (χ3v) is 12.4. The van der Waals surface area contributed by atoms with Crippen molar-refractivity contribution in [2.24, 2.45) is 0 Å². The van der Waals surface area contributed by atoms with E-state index >= 15 is 35.1 Å². The van der Waals surface area contributed by atoms with Crippen molar-refractivity contribution in [2.75, 3.05) is 20.7 Å². The Labute approximate surface area is 407 Å². The Hall–Kier alpha value is -5.48. The third-order valence-electron chi connectivity index (χ3n) is 12.4. The summed E-state index contributed by atoms with van der Waals surface area (Å²) in [6.07, 6.45) is 15.4. The highest BCUT2D eigenvalue weighted by Crippen LogP contribution is 2.31. The first-order valence-corrected chi connectivity index (χ1v) is 23.2. The summed E-state index contributed by atoms with van der Waals surface area (Å²) in [5.41, 5.74) is -13.0. The topological polar surface area (TPSA) is 13.7 Å². The van der Waals surface area contributed by atoms with Crippen LogP contribution in [0.3, 0.4) is 0 Å². The van der Waals surface area contributed by atoms with Gasteiger partial charge in [0.15, 0.2) is 69.8 Å². The molecular formula is C50H48BF20NO. The Morgan fingerprint density at radius 1 is 0.301 bits per heavy atom. The van der Waals surface area contributed by atoms with Crippen LogP contribution in [0.15, 0.2) is 24.3 Å². The SMILES string of the molecule is CCCCCCCCCCCCCCCCCCOc1ccc([NH+](C)C)cc1.Fc1c(F)c(F)c([B-](c2c(F)c(F)c(F)c(F)c2F)(c2c(F)c(F)c(F)c(F)c2F)c2c(F)c(F)c(F)c(F)c2F)c(F)c1F. The molecule has 0 unspecified atom stereocenters. The minimum atomic E-state index is -7.22. The van der Waals surface area contributed by atoms with Crippen LogP contribution < -0.4 is 31.5 Å². The molecule has 0 aliphatic rings. The number of quaternary nitrogens is 1. The molecule has 0 amide bonds. The highest BCUT2D eigenvalue weighted by Gasteiger charge is 2.52. The lowest BCUT2D eigenvalue weighted by molar-refractivity contribution is -0.786. The second-order valence-corrected chi connectivity index (χ2v) is 17.5. The van der Waals surface area contributed by atoms with Gasteiger partial charge in [-0.2, -0.15) is 0 Å². The minimum Gasteiger partial charge on any atom is -0.494 e. The summed E-state index contributed by atoms with van der Waals surface area (Å²) in [5, 5.41) is 0. The maximum absolute atomic E-state index is 15.4. The van der Waals surface area contributed by atoms with E-state index in [9.17, 15) is 52.7 Å². The molecule has 0 bridgehead atoms. The van der Waals surface area contributed by atoms with Gasteiger partial charge in [0.25, 0.3) is 0 Å². The Bertz CT molecular complexity index is 2320. The molecule has 0 saturated heterocycles. The molecule has 402 valence electrons. The zero-order valence-corrected chi connectivity index (χ0v) is 39.4. The van der Waals surface area contributed by atoms with Crippen LogP contribution in [0.25, 0.3) is 0 Å². The molecule has 0 aliphatic heterocycles. The van der Waals surface area contributed by atoms with E-state index in [1.807, 2.05) is 0 Å². The Balaban J connectivity index is 0.000000355. The van der Waals surface area contributed by atoms with Crippen molar-refractivity contribution < 1.29 is 97.4 Å². The Kier molecular flexibility index (Phi) is 21.9. The molecule has 0 fully saturated rings. The second-order valence-electron chi connectivity index (χ2n) is 17.5. The van der Waals surface area contributed by atoms with Gasteiger partial charge in [0, 0.05) is 12.1 Å². The van der Waals surface area contributed by atoms with Crippen molar-refractivity contribution in [1.82, 2.24) is 0 Å². The molecule has 0 aromatic heterocycles. The molecule has 73 heavy (non-hydrogen) atoms. The van der Waals surface area contributed by atoms with Gasteiger partial charge in [-0.15, -0.1) is 21.9 Å². The predicted molar refractivity (Wildman–Crippen MR) is 233 cm³/mol. The van der Waals surface area contributed by atoms with E-state index in [0.29, 0.717) is 0 Å². The molecule has 5 rings (SSSR count). The number of nitrogens with one attached hydrogen (secondary N) is 1. The molecule has 2 nitrogen and oxygen atoms in total. The minimum absolute atomic E-state index is 0.854. The summed E-state index contributed by atoms with van der Waals surface area (Å²) in [5.74, 6) is -70.4. The fourth-order valence-electron chi connectivity index (χ4n) is 8.60. The number of unbranched alkanes of at least 4 members (excludes halogenated alkanes) is 15. The van der Waals surface area contributed by atoms with Crippen molar-refractivity contribution in [1.29, 1.82) is 0 Å². The van der Waals surface area contributed by atoms with Crippen LogP contribution in [0.4, 0.5) is 93.5 Å². The number of ether oxygens (including phenoxy) is 1. The van der Waals surface area contributed by atoms with Crippen molar-refractivity contribution in [3.8, 4) is 5.75 Å². The lowest BCUT2D eigenvalue weighted by Gasteiger charge is -2.44. The normalized spacial score (nSPS) is 11.7. The molecule has 5 aromatic rings. The lowest BCUT2D eigenvalue weighted by Crippen LogP contribution is -3.00. The fourth-order valence-corrected chi connectivity index (χ4v) is 8.60. The van der Waals surface area contributed by atoms with Gasteiger partial charge >= 0.3 is 0 Å². The van der Waals surface area contributed by atoms with Crippen LogP contribution in [0.2, 0.25) is 0 Å². The average molecular weight is 1070 g/mol. The molecule has 0 saturated carbocycles. The highest BCUT2D eigenvalue weighted by atomic mass is 19.2. The molecule has 5 aromatic carbocycles. The van der Waals surface area contributed by atoms with E-state index in [1.54, 1.807) is 0 Å². The Morgan fingerprint density at radius 2 is 0.507 bits per heavy atom. The lowest BCUT2D eigenvalue weighted by atomic mass is 9.12. The van der Waals surface area contributed by atoms with Gasteiger partial charge in [-0.25, -0.2) is 87.8 Å². The van der Waals surface area contributed by atoms with Crippen molar-refractivity contribution in [3.63, 3.8) is 0 Å². The zero-order chi connectivity index (χ0) is 54.6. The molecular weight excluding hydrogens is 1020 g/mol. The summed E-state index contributed by atoms with van der Waals surface area (Å²) in [6, 6.07) is 8.49. The summed E-state index contributed by atoms with van der Waals surface area (Å²) >= 11 is 0. The number of halogens is 20. The molecule has 23 heteroatoms. The number of rotatable bonds is 23. The zero-order valence-electron chi connectivity index (χ0n) is 39.4. The average Bonchev–Trinajstić information content (AvgIpc) is 3.37. The van der Waals surface area contributed by atoms with Gasteiger partial charge in [-0.05, 0) is 18.6 Å². The van der Waals surface area contributed by atoms with Crippen LogP contribution in [0.5, 0.6) is 5.75 Å². The second kappa shape index (κ2) is 26.7. The van der Waals surface area contributed by atoms with E-state index in [4.69, 9.17) is 4.74 Å². The van der Waals surface area contributed by atoms with Crippen molar-refractivity contribution in [3.05, 3.63) is 141 Å². The molecule has 0 aliphatic carbocycles. The van der Waals surface area contributed by atoms with E-state index < -0.39 is 144 Å². The first-order chi connectivity index (χ1) is 34.4. The van der Waals surface area contributed by atoms with Crippen LogP contribution >= 0.6 is 0 Å². The summed E-state index contributed by atoms with van der Waals surface area (Å²) in [6.45, 7) is 3.15. The fraction of sp³-hybridized carbons (Fsp3) is 0.400. The maximum Gasteiger partial charge on any atom is 0.200 e. The first-order valence-electron chi connectivity index (χ1n) is 23.2. The molecule has 0 radical (unpaired) electrons. The van der Waals surface area contributed by atoms with Gasteiger partial charge < -0.3 is 9.64 Å². The van der Waals surface area contributed by atoms with E-state index in [0.717, 1.165) is 12.4 Å². The van der Waals surface area contributed by atoms with Crippen LogP contribution in [-0.2, 0) is 0 Å². The molecule has 1 N–H and O–H groups in total. The van der Waals surface area contributed by atoms with E-state index in [-0.39, 0.29) is 0 Å². The molecule has 0 spiro atoms. The van der Waals surface area contributed by atoms with Crippen LogP contribution in [0, 0.1) is 116 Å². The van der Waals surface area contributed by atoms with E-state index in [1.165, 1.54) is 113 Å². The van der Waals surface area contributed by atoms with Gasteiger partial charge in [-0.1, -0.05) is 103 Å². The first kappa shape index (κ1) is 60.1. The summed E-state index contributed by atoms with van der Waals surface area (Å²) < 4.78 is 300.